The number of benzene rings is 2. The molecule has 132 valence electrons. The highest BCUT2D eigenvalue weighted by Crippen LogP contribution is 2.23. The largest absolute Gasteiger partial charge is 0.285 e. The van der Waals surface area contributed by atoms with Gasteiger partial charge in [-0.2, -0.15) is 4.72 Å². The van der Waals surface area contributed by atoms with Gasteiger partial charge in [0.15, 0.2) is 0 Å². The van der Waals surface area contributed by atoms with E-state index in [9.17, 15) is 23.3 Å². The molecule has 1 atom stereocenters. The van der Waals surface area contributed by atoms with Crippen molar-refractivity contribution in [2.75, 3.05) is 0 Å². The number of nitrogens with zero attached hydrogens (tertiary/aromatic N) is 1. The monoisotopic (exact) mass is 380 g/mol. The van der Waals surface area contributed by atoms with Crippen molar-refractivity contribution in [2.45, 2.75) is 29.7 Å². The van der Waals surface area contributed by atoms with E-state index < -0.39 is 26.1 Å². The molecule has 9 heteroatoms. The van der Waals surface area contributed by atoms with Gasteiger partial charge in [0.2, 0.25) is 15.1 Å². The minimum absolute atomic E-state index is 0.0788. The van der Waals surface area contributed by atoms with Crippen molar-refractivity contribution in [1.29, 1.82) is 0 Å². The van der Waals surface area contributed by atoms with Crippen LogP contribution in [0.3, 0.4) is 0 Å². The molecule has 0 bridgehead atoms. The maximum atomic E-state index is 12.3. The molecule has 2 rings (SSSR count). The minimum Gasteiger partial charge on any atom is -0.285 e. The summed E-state index contributed by atoms with van der Waals surface area (Å²) in [5.74, 6) is 0. The van der Waals surface area contributed by atoms with Gasteiger partial charge in [0.25, 0.3) is 5.69 Å². The number of thioether (sulfide) groups is 1. The molecule has 1 N–H and O–H groups in total. The zero-order chi connectivity index (χ0) is 18.6. The van der Waals surface area contributed by atoms with Gasteiger partial charge in [-0.1, -0.05) is 29.5 Å². The van der Waals surface area contributed by atoms with Gasteiger partial charge < -0.3 is 0 Å². The Bertz CT molecular complexity index is 878. The third-order valence-electron chi connectivity index (χ3n) is 3.28. The summed E-state index contributed by atoms with van der Waals surface area (Å²) in [5.41, 5.74) is 0.849. The van der Waals surface area contributed by atoms with Gasteiger partial charge in [0.1, 0.15) is 0 Å². The van der Waals surface area contributed by atoms with Crippen LogP contribution in [0.15, 0.2) is 58.3 Å². The lowest BCUT2D eigenvalue weighted by Gasteiger charge is -2.13. The zero-order valence-corrected chi connectivity index (χ0v) is 15.1. The number of hydrogen-bond acceptors (Lipinski definition) is 6. The fraction of sp³-hybridized carbons (Fsp3) is 0.188. The summed E-state index contributed by atoms with van der Waals surface area (Å²) in [6.07, 6.45) is 0. The van der Waals surface area contributed by atoms with E-state index >= 15 is 0 Å². The van der Waals surface area contributed by atoms with Gasteiger partial charge >= 0.3 is 0 Å². The molecule has 7 nitrogen and oxygen atoms in total. The first kappa shape index (κ1) is 19.1. The Kier molecular flexibility index (Phi) is 5.93. The summed E-state index contributed by atoms with van der Waals surface area (Å²) in [6, 6.07) is 10.8. The number of non-ortho nitro benzene ring substituents is 1. The van der Waals surface area contributed by atoms with Crippen LogP contribution in [-0.2, 0) is 14.8 Å². The highest BCUT2D eigenvalue weighted by Gasteiger charge is 2.22. The molecule has 0 aromatic heterocycles. The van der Waals surface area contributed by atoms with Gasteiger partial charge in [0, 0.05) is 17.0 Å². The number of carbonyl (C=O) groups is 1. The van der Waals surface area contributed by atoms with E-state index in [1.807, 2.05) is 6.92 Å². The molecule has 2 aromatic rings. The average Bonchev–Trinajstić information content (AvgIpc) is 2.55. The molecule has 0 unspecified atom stereocenters. The second-order valence-corrected chi connectivity index (χ2v) is 8.12. The fourth-order valence-corrected chi connectivity index (χ4v) is 3.92. The Morgan fingerprint density at radius 3 is 2.20 bits per heavy atom. The van der Waals surface area contributed by atoms with Crippen LogP contribution in [-0.4, -0.2) is 24.5 Å². The van der Waals surface area contributed by atoms with E-state index in [1.165, 1.54) is 43.3 Å². The summed E-state index contributed by atoms with van der Waals surface area (Å²) in [6.45, 7) is 3.29. The molecule has 0 fully saturated rings. The highest BCUT2D eigenvalue weighted by molar-refractivity contribution is 8.13. The predicted molar refractivity (Wildman–Crippen MR) is 94.9 cm³/mol. The summed E-state index contributed by atoms with van der Waals surface area (Å²) in [5, 5.41) is 10.2. The van der Waals surface area contributed by atoms with Crippen LogP contribution in [0.1, 0.15) is 12.5 Å². The SMILES string of the molecule is Cc1ccc(S(=O)(=O)N[C@@H](C)C(=O)Sc2ccc([N+](=O)[O-])cc2)cc1. The Labute approximate surface area is 149 Å². The third kappa shape index (κ3) is 5.12. The summed E-state index contributed by atoms with van der Waals surface area (Å²) in [7, 11) is -3.81. The number of hydrogen-bond donors (Lipinski definition) is 1. The van der Waals surface area contributed by atoms with Gasteiger partial charge in [-0.25, -0.2) is 8.42 Å². The quantitative estimate of drug-likeness (QED) is 0.469. The van der Waals surface area contributed by atoms with Crippen molar-refractivity contribution in [2.24, 2.45) is 0 Å². The molecule has 0 saturated carbocycles. The van der Waals surface area contributed by atoms with Crippen LogP contribution >= 0.6 is 11.8 Å². The first-order valence-corrected chi connectivity index (χ1v) is 9.54. The lowest BCUT2D eigenvalue weighted by Crippen LogP contribution is -2.37. The summed E-state index contributed by atoms with van der Waals surface area (Å²) >= 11 is 0.822. The Balaban J connectivity index is 2.04. The molecule has 0 aliphatic heterocycles. The first-order chi connectivity index (χ1) is 11.7. The van der Waals surface area contributed by atoms with E-state index in [1.54, 1.807) is 12.1 Å². The van der Waals surface area contributed by atoms with Crippen molar-refractivity contribution in [3.8, 4) is 0 Å². The molecule has 0 amide bonds. The average molecular weight is 380 g/mol. The Morgan fingerprint density at radius 1 is 1.12 bits per heavy atom. The summed E-state index contributed by atoms with van der Waals surface area (Å²) < 4.78 is 26.9. The zero-order valence-electron chi connectivity index (χ0n) is 13.5. The van der Waals surface area contributed by atoms with Crippen LogP contribution in [0, 0.1) is 17.0 Å². The van der Waals surface area contributed by atoms with Crippen molar-refractivity contribution in [3.63, 3.8) is 0 Å². The molecule has 25 heavy (non-hydrogen) atoms. The lowest BCUT2D eigenvalue weighted by atomic mass is 10.2. The molecule has 0 spiro atoms. The van der Waals surface area contributed by atoms with Crippen LogP contribution in [0.25, 0.3) is 0 Å². The first-order valence-electron chi connectivity index (χ1n) is 7.24. The lowest BCUT2D eigenvalue weighted by molar-refractivity contribution is -0.384. The topological polar surface area (TPSA) is 106 Å². The molecular weight excluding hydrogens is 364 g/mol. The third-order valence-corrected chi connectivity index (χ3v) is 5.90. The van der Waals surface area contributed by atoms with E-state index in [0.717, 1.165) is 17.3 Å². The second kappa shape index (κ2) is 7.77. The van der Waals surface area contributed by atoms with Gasteiger partial charge in [-0.05, 0) is 38.1 Å². The number of nitrogens with one attached hydrogen (secondary N) is 1. The molecule has 0 aliphatic rings. The molecule has 0 radical (unpaired) electrons. The number of nitro groups is 1. The van der Waals surface area contributed by atoms with E-state index in [0.29, 0.717) is 4.90 Å². The maximum Gasteiger partial charge on any atom is 0.269 e. The molecule has 2 aromatic carbocycles. The smallest absolute Gasteiger partial charge is 0.269 e. The van der Waals surface area contributed by atoms with E-state index in [-0.39, 0.29) is 10.6 Å². The standard InChI is InChI=1S/C16H16N2O5S2/c1-11-3-9-15(10-4-11)25(22,23)17-12(2)16(19)24-14-7-5-13(6-8-14)18(20)21/h3-10,12,17H,1-2H3/t12-/m0/s1. The molecular formula is C16H16N2O5S2. The van der Waals surface area contributed by atoms with Crippen LogP contribution in [0.4, 0.5) is 5.69 Å². The van der Waals surface area contributed by atoms with Crippen LogP contribution in [0.2, 0.25) is 0 Å². The molecule has 0 aliphatic carbocycles. The van der Waals surface area contributed by atoms with Crippen LogP contribution in [0.5, 0.6) is 0 Å². The van der Waals surface area contributed by atoms with Crippen molar-refractivity contribution in [3.05, 3.63) is 64.2 Å². The number of nitro benzene ring substituents is 1. The maximum absolute atomic E-state index is 12.3. The van der Waals surface area contributed by atoms with Crippen molar-refractivity contribution >= 4 is 32.6 Å². The van der Waals surface area contributed by atoms with E-state index in [2.05, 4.69) is 4.72 Å². The van der Waals surface area contributed by atoms with Gasteiger partial charge in [0.05, 0.1) is 15.9 Å². The molecule has 0 saturated heterocycles. The number of rotatable bonds is 6. The predicted octanol–water partition coefficient (Wildman–Crippen LogP) is 2.89. The molecule has 0 heterocycles. The second-order valence-electron chi connectivity index (χ2n) is 5.33. The van der Waals surface area contributed by atoms with Crippen LogP contribution < -0.4 is 4.72 Å². The van der Waals surface area contributed by atoms with E-state index in [4.69, 9.17) is 0 Å². The normalized spacial score (nSPS) is 12.6. The number of sulfonamides is 1. The number of carbonyl (C=O) groups excluding carboxylic acids is 1. The summed E-state index contributed by atoms with van der Waals surface area (Å²) in [4.78, 5) is 22.9. The highest BCUT2D eigenvalue weighted by atomic mass is 32.2. The number of aryl methyl sites for hydroxylation is 1. The fourth-order valence-electron chi connectivity index (χ4n) is 1.91. The minimum atomic E-state index is -3.81. The van der Waals surface area contributed by atoms with Gasteiger partial charge in [-0.15, -0.1) is 0 Å². The Hall–Kier alpha value is -2.23. The Morgan fingerprint density at radius 2 is 1.68 bits per heavy atom. The van der Waals surface area contributed by atoms with Gasteiger partial charge in [-0.3, -0.25) is 14.9 Å². The van der Waals surface area contributed by atoms with Crippen molar-refractivity contribution in [1.82, 2.24) is 4.72 Å². The van der Waals surface area contributed by atoms with Crippen molar-refractivity contribution < 1.29 is 18.1 Å².